The number of nitrogens with zero attached hydrogens (tertiary/aromatic N) is 1. The van der Waals surface area contributed by atoms with Gasteiger partial charge in [0.25, 0.3) is 0 Å². The summed E-state index contributed by atoms with van der Waals surface area (Å²) in [6, 6.07) is 7.24. The maximum atomic E-state index is 3.65. The van der Waals surface area contributed by atoms with Gasteiger partial charge in [0.2, 0.25) is 0 Å². The van der Waals surface area contributed by atoms with Gasteiger partial charge in [-0.25, -0.2) is 0 Å². The minimum absolute atomic E-state index is 0.143. The Bertz CT molecular complexity index is 429. The summed E-state index contributed by atoms with van der Waals surface area (Å²) in [5, 5.41) is 3.54. The van der Waals surface area contributed by atoms with Crippen LogP contribution in [-0.2, 0) is 0 Å². The average Bonchev–Trinajstić information content (AvgIpc) is 2.41. The topological polar surface area (TPSA) is 15.3 Å². The molecule has 1 fully saturated rings. The fourth-order valence-corrected chi connectivity index (χ4v) is 3.22. The molecule has 0 saturated carbocycles. The summed E-state index contributed by atoms with van der Waals surface area (Å²) in [5.74, 6) is 0. The van der Waals surface area contributed by atoms with E-state index in [2.05, 4.69) is 72.0 Å². The number of benzene rings is 1. The van der Waals surface area contributed by atoms with Gasteiger partial charge in [-0.15, -0.1) is 0 Å². The van der Waals surface area contributed by atoms with E-state index in [1.54, 1.807) is 0 Å². The van der Waals surface area contributed by atoms with Crippen molar-refractivity contribution in [2.75, 3.05) is 18.0 Å². The van der Waals surface area contributed by atoms with Crippen molar-refractivity contribution < 1.29 is 0 Å². The van der Waals surface area contributed by atoms with E-state index in [1.807, 2.05) is 0 Å². The first-order valence-corrected chi connectivity index (χ1v) is 7.47. The number of hydrogen-bond acceptors (Lipinski definition) is 2. The minimum atomic E-state index is 0.143. The van der Waals surface area contributed by atoms with E-state index in [-0.39, 0.29) is 5.54 Å². The van der Waals surface area contributed by atoms with Crippen LogP contribution in [0.25, 0.3) is 0 Å². The molecule has 1 N–H and O–H groups in total. The number of anilines is 1. The highest BCUT2D eigenvalue weighted by Crippen LogP contribution is 2.32. The van der Waals surface area contributed by atoms with Crippen molar-refractivity contribution in [3.63, 3.8) is 0 Å². The maximum absolute atomic E-state index is 3.65. The molecule has 2 nitrogen and oxygen atoms in total. The van der Waals surface area contributed by atoms with E-state index in [4.69, 9.17) is 0 Å². The van der Waals surface area contributed by atoms with Crippen LogP contribution in [0.15, 0.2) is 22.7 Å². The molecule has 1 atom stereocenters. The average molecular weight is 311 g/mol. The van der Waals surface area contributed by atoms with Crippen LogP contribution in [0, 0.1) is 6.92 Å². The molecule has 1 aromatic rings. The SMILES string of the molecule is Cc1ccc(N2C(C)CCNCC2(C)C)cc1Br. The molecule has 18 heavy (non-hydrogen) atoms. The first-order valence-electron chi connectivity index (χ1n) is 6.68. The van der Waals surface area contributed by atoms with E-state index in [9.17, 15) is 0 Å². The highest BCUT2D eigenvalue weighted by Gasteiger charge is 2.32. The number of rotatable bonds is 1. The quantitative estimate of drug-likeness (QED) is 0.850. The molecule has 0 aliphatic carbocycles. The van der Waals surface area contributed by atoms with Crippen LogP contribution in [-0.4, -0.2) is 24.7 Å². The molecule has 0 spiro atoms. The van der Waals surface area contributed by atoms with Gasteiger partial charge in [-0.2, -0.15) is 0 Å². The Morgan fingerprint density at radius 2 is 2.11 bits per heavy atom. The summed E-state index contributed by atoms with van der Waals surface area (Å²) < 4.78 is 1.19. The molecule has 1 aliphatic heterocycles. The van der Waals surface area contributed by atoms with E-state index < -0.39 is 0 Å². The summed E-state index contributed by atoms with van der Waals surface area (Å²) in [7, 11) is 0. The van der Waals surface area contributed by atoms with Gasteiger partial charge in [-0.05, 0) is 58.4 Å². The summed E-state index contributed by atoms with van der Waals surface area (Å²) in [5.41, 5.74) is 2.75. The summed E-state index contributed by atoms with van der Waals surface area (Å²) in [6.07, 6.45) is 1.19. The first kappa shape index (κ1) is 13.9. The molecular formula is C15H23BrN2. The summed E-state index contributed by atoms with van der Waals surface area (Å²) in [6.45, 7) is 11.2. The monoisotopic (exact) mass is 310 g/mol. The second-order valence-electron chi connectivity index (χ2n) is 5.93. The van der Waals surface area contributed by atoms with Gasteiger partial charge < -0.3 is 10.2 Å². The number of halogens is 1. The fourth-order valence-electron chi connectivity index (χ4n) is 2.85. The van der Waals surface area contributed by atoms with Gasteiger partial charge in [0.1, 0.15) is 0 Å². The molecule has 1 heterocycles. The van der Waals surface area contributed by atoms with Crippen LogP contribution in [0.5, 0.6) is 0 Å². The lowest BCUT2D eigenvalue weighted by molar-refractivity contribution is 0.433. The van der Waals surface area contributed by atoms with E-state index in [0.29, 0.717) is 6.04 Å². The molecule has 1 aliphatic rings. The zero-order chi connectivity index (χ0) is 13.3. The van der Waals surface area contributed by atoms with Gasteiger partial charge in [0, 0.05) is 28.3 Å². The van der Waals surface area contributed by atoms with Gasteiger partial charge in [0.15, 0.2) is 0 Å². The third kappa shape index (κ3) is 2.72. The third-order valence-electron chi connectivity index (χ3n) is 3.82. The Hall–Kier alpha value is -0.540. The Kier molecular flexibility index (Phi) is 4.02. The highest BCUT2D eigenvalue weighted by atomic mass is 79.9. The van der Waals surface area contributed by atoms with Crippen molar-refractivity contribution in [3.05, 3.63) is 28.2 Å². The Balaban J connectivity index is 2.40. The number of nitrogens with one attached hydrogen (secondary N) is 1. The smallest absolute Gasteiger partial charge is 0.0473 e. The maximum Gasteiger partial charge on any atom is 0.0473 e. The van der Waals surface area contributed by atoms with Crippen molar-refractivity contribution in [2.45, 2.75) is 45.7 Å². The predicted molar refractivity (Wildman–Crippen MR) is 82.4 cm³/mol. The molecule has 1 unspecified atom stereocenters. The van der Waals surface area contributed by atoms with Gasteiger partial charge >= 0.3 is 0 Å². The van der Waals surface area contributed by atoms with Crippen LogP contribution in [0.4, 0.5) is 5.69 Å². The fraction of sp³-hybridized carbons (Fsp3) is 0.600. The Morgan fingerprint density at radius 3 is 2.78 bits per heavy atom. The zero-order valence-electron chi connectivity index (χ0n) is 11.8. The minimum Gasteiger partial charge on any atom is -0.362 e. The normalized spacial score (nSPS) is 23.8. The van der Waals surface area contributed by atoms with Crippen molar-refractivity contribution in [2.24, 2.45) is 0 Å². The molecule has 0 bridgehead atoms. The van der Waals surface area contributed by atoms with Gasteiger partial charge in [-0.1, -0.05) is 22.0 Å². The van der Waals surface area contributed by atoms with Crippen molar-refractivity contribution >= 4 is 21.6 Å². The molecular weight excluding hydrogens is 288 g/mol. The Labute approximate surface area is 119 Å². The number of aryl methyl sites for hydroxylation is 1. The van der Waals surface area contributed by atoms with Crippen LogP contribution < -0.4 is 10.2 Å². The lowest BCUT2D eigenvalue weighted by Crippen LogP contribution is -2.52. The molecule has 3 heteroatoms. The van der Waals surface area contributed by atoms with Gasteiger partial charge in [0.05, 0.1) is 0 Å². The van der Waals surface area contributed by atoms with E-state index >= 15 is 0 Å². The standard InChI is InChI=1S/C15H23BrN2/c1-11-5-6-13(9-14(11)16)18-12(2)7-8-17-10-15(18,3)4/h5-6,9,12,17H,7-8,10H2,1-4H3. The van der Waals surface area contributed by atoms with Crippen LogP contribution >= 0.6 is 15.9 Å². The lowest BCUT2D eigenvalue weighted by atomic mass is 9.99. The molecule has 100 valence electrons. The van der Waals surface area contributed by atoms with E-state index in [0.717, 1.165) is 13.1 Å². The molecule has 0 amide bonds. The van der Waals surface area contributed by atoms with Crippen molar-refractivity contribution in [1.29, 1.82) is 0 Å². The van der Waals surface area contributed by atoms with Crippen LogP contribution in [0.1, 0.15) is 32.8 Å². The second-order valence-corrected chi connectivity index (χ2v) is 6.78. The largest absolute Gasteiger partial charge is 0.362 e. The molecule has 1 aromatic carbocycles. The molecule has 1 saturated heterocycles. The van der Waals surface area contributed by atoms with E-state index in [1.165, 1.54) is 22.1 Å². The van der Waals surface area contributed by atoms with Crippen LogP contribution in [0.2, 0.25) is 0 Å². The van der Waals surface area contributed by atoms with Gasteiger partial charge in [-0.3, -0.25) is 0 Å². The Morgan fingerprint density at radius 1 is 1.39 bits per heavy atom. The molecule has 0 aromatic heterocycles. The predicted octanol–water partition coefficient (Wildman–Crippen LogP) is 3.72. The lowest BCUT2D eigenvalue weighted by Gasteiger charge is -2.43. The number of hydrogen-bond donors (Lipinski definition) is 1. The zero-order valence-corrected chi connectivity index (χ0v) is 13.3. The second kappa shape index (κ2) is 5.22. The molecule has 2 rings (SSSR count). The van der Waals surface area contributed by atoms with Crippen molar-refractivity contribution in [3.8, 4) is 0 Å². The highest BCUT2D eigenvalue weighted by molar-refractivity contribution is 9.10. The summed E-state index contributed by atoms with van der Waals surface area (Å²) >= 11 is 3.65. The van der Waals surface area contributed by atoms with Crippen LogP contribution in [0.3, 0.4) is 0 Å². The molecule has 0 radical (unpaired) electrons. The first-order chi connectivity index (χ1) is 8.42. The third-order valence-corrected chi connectivity index (χ3v) is 4.68. The summed E-state index contributed by atoms with van der Waals surface area (Å²) in [4.78, 5) is 2.55. The van der Waals surface area contributed by atoms with Crippen molar-refractivity contribution in [1.82, 2.24) is 5.32 Å².